The van der Waals surface area contributed by atoms with E-state index in [4.69, 9.17) is 0 Å². The van der Waals surface area contributed by atoms with Crippen molar-refractivity contribution in [2.75, 3.05) is 5.32 Å². The number of benzene rings is 1. The Hall–Kier alpha value is -4.65. The first-order chi connectivity index (χ1) is 15.2. The predicted octanol–water partition coefficient (Wildman–Crippen LogP) is 3.44. The largest absolute Gasteiger partial charge is 0.355 e. The summed E-state index contributed by atoms with van der Waals surface area (Å²) in [6.45, 7) is 3.92. The lowest BCUT2D eigenvalue weighted by molar-refractivity contribution is 0.625. The molecule has 0 spiro atoms. The average Bonchev–Trinajstić information content (AvgIpc) is 3.43. The van der Waals surface area contributed by atoms with E-state index in [2.05, 4.69) is 41.8 Å². The van der Waals surface area contributed by atoms with Crippen LogP contribution in [0.4, 0.5) is 10.2 Å². The smallest absolute Gasteiger partial charge is 0.182 e. The summed E-state index contributed by atoms with van der Waals surface area (Å²) in [7, 11) is 0. The van der Waals surface area contributed by atoms with Gasteiger partial charge in [-0.3, -0.25) is 4.57 Å². The molecule has 1 atom stereocenters. The van der Waals surface area contributed by atoms with Gasteiger partial charge in [-0.25, -0.2) is 29.3 Å². The van der Waals surface area contributed by atoms with Crippen LogP contribution in [0.2, 0.25) is 0 Å². The van der Waals surface area contributed by atoms with Gasteiger partial charge in [-0.1, -0.05) is 12.1 Å². The highest BCUT2D eigenvalue weighted by Gasteiger charge is 2.24. The number of fused-ring (bicyclic) bond motifs is 2. The van der Waals surface area contributed by atoms with E-state index in [1.807, 2.05) is 6.07 Å². The molecule has 5 aromatic rings. The number of aromatic nitrogens is 7. The maximum Gasteiger partial charge on any atom is 0.182 e. The fourth-order valence-electron chi connectivity index (χ4n) is 3.44. The van der Waals surface area contributed by atoms with Gasteiger partial charge in [0.05, 0.1) is 17.4 Å². The van der Waals surface area contributed by atoms with E-state index >= 15 is 0 Å². The molecule has 0 fully saturated rings. The SMILES string of the molecule is C=CC(Nc1ncnc2nc[nH]c12)c1nc2ccc(F)c(C#N)c2n1-c1ccccn1. The Morgan fingerprint density at radius 1 is 1.19 bits per heavy atom. The van der Waals surface area contributed by atoms with E-state index in [1.54, 1.807) is 35.0 Å². The fourth-order valence-corrected chi connectivity index (χ4v) is 3.44. The molecule has 0 bridgehead atoms. The molecule has 0 amide bonds. The lowest BCUT2D eigenvalue weighted by Gasteiger charge is -2.17. The molecular formula is C21H14FN9. The van der Waals surface area contributed by atoms with E-state index in [0.717, 1.165) is 0 Å². The Labute approximate surface area is 175 Å². The standard InChI is InChI=1S/C21H14FN9/c1-2-14(29-20-17-19(26-10-25-17)27-11-28-20)21-30-15-7-6-13(22)12(9-23)18(15)31(21)16-5-3-4-8-24-16/h2-8,10-11,14H,1H2,(H2,25,26,27,28,29). The molecule has 9 nitrogen and oxygen atoms in total. The van der Waals surface area contributed by atoms with E-state index in [0.29, 0.717) is 39.7 Å². The Kier molecular flexibility index (Phi) is 4.33. The molecule has 150 valence electrons. The Morgan fingerprint density at radius 3 is 2.87 bits per heavy atom. The minimum Gasteiger partial charge on any atom is -0.355 e. The third kappa shape index (κ3) is 2.96. The van der Waals surface area contributed by atoms with Crippen molar-refractivity contribution in [1.29, 1.82) is 5.26 Å². The van der Waals surface area contributed by atoms with Crippen molar-refractivity contribution in [3.8, 4) is 11.9 Å². The quantitative estimate of drug-likeness (QED) is 0.425. The minimum atomic E-state index is -0.628. The molecule has 0 aliphatic carbocycles. The summed E-state index contributed by atoms with van der Waals surface area (Å²) >= 11 is 0. The highest BCUT2D eigenvalue weighted by atomic mass is 19.1. The van der Waals surface area contributed by atoms with Crippen LogP contribution in [0, 0.1) is 17.1 Å². The lowest BCUT2D eigenvalue weighted by atomic mass is 10.2. The molecule has 5 rings (SSSR count). The number of H-pyrrole nitrogens is 1. The number of halogens is 1. The molecule has 1 unspecified atom stereocenters. The number of hydrogen-bond donors (Lipinski definition) is 2. The van der Waals surface area contributed by atoms with Crippen LogP contribution >= 0.6 is 0 Å². The van der Waals surface area contributed by atoms with Gasteiger partial charge in [-0.15, -0.1) is 6.58 Å². The minimum absolute atomic E-state index is 0.109. The number of anilines is 1. The van der Waals surface area contributed by atoms with Crippen molar-refractivity contribution in [3.63, 3.8) is 0 Å². The highest BCUT2D eigenvalue weighted by molar-refractivity contribution is 5.85. The molecule has 1 aromatic carbocycles. The summed E-state index contributed by atoms with van der Waals surface area (Å²) in [5, 5.41) is 12.9. The number of nitrogens with one attached hydrogen (secondary N) is 2. The third-order valence-electron chi connectivity index (χ3n) is 4.81. The third-order valence-corrected chi connectivity index (χ3v) is 4.81. The van der Waals surface area contributed by atoms with Crippen molar-refractivity contribution in [2.45, 2.75) is 6.04 Å². The van der Waals surface area contributed by atoms with E-state index in [9.17, 15) is 9.65 Å². The number of rotatable bonds is 5. The van der Waals surface area contributed by atoms with Crippen molar-refractivity contribution >= 4 is 28.0 Å². The monoisotopic (exact) mass is 411 g/mol. The second-order valence-electron chi connectivity index (χ2n) is 6.58. The number of pyridine rings is 1. The van der Waals surface area contributed by atoms with Crippen LogP contribution < -0.4 is 5.32 Å². The summed E-state index contributed by atoms with van der Waals surface area (Å²) in [6.07, 6.45) is 6.19. The van der Waals surface area contributed by atoms with Crippen molar-refractivity contribution in [3.05, 3.63) is 79.0 Å². The normalized spacial score (nSPS) is 12.0. The van der Waals surface area contributed by atoms with Crippen LogP contribution in [0.3, 0.4) is 0 Å². The number of aromatic amines is 1. The summed E-state index contributed by atoms with van der Waals surface area (Å²) in [4.78, 5) is 24.6. The molecule has 10 heteroatoms. The number of hydrogen-bond acceptors (Lipinski definition) is 7. The topological polar surface area (TPSA) is 121 Å². The average molecular weight is 411 g/mol. The molecule has 0 saturated carbocycles. The van der Waals surface area contributed by atoms with Crippen LogP contribution in [-0.2, 0) is 0 Å². The van der Waals surface area contributed by atoms with Gasteiger partial charge in [0.25, 0.3) is 0 Å². The second kappa shape index (κ2) is 7.31. The first kappa shape index (κ1) is 18.4. The molecule has 0 saturated heterocycles. The molecule has 2 N–H and O–H groups in total. The zero-order valence-electron chi connectivity index (χ0n) is 16.0. The number of nitrogens with zero attached hydrogens (tertiary/aromatic N) is 7. The summed E-state index contributed by atoms with van der Waals surface area (Å²) in [5.41, 5.74) is 1.81. The fraction of sp³-hybridized carbons (Fsp3) is 0.0476. The summed E-state index contributed by atoms with van der Waals surface area (Å²) in [5.74, 6) is 0.831. The molecule has 4 heterocycles. The van der Waals surface area contributed by atoms with Crippen LogP contribution in [0.5, 0.6) is 0 Å². The van der Waals surface area contributed by atoms with Gasteiger partial charge in [-0.2, -0.15) is 5.26 Å². The van der Waals surface area contributed by atoms with Crippen LogP contribution in [0.25, 0.3) is 28.0 Å². The zero-order chi connectivity index (χ0) is 21.4. The Bertz CT molecular complexity index is 1460. The molecule has 31 heavy (non-hydrogen) atoms. The zero-order valence-corrected chi connectivity index (χ0v) is 16.0. The Morgan fingerprint density at radius 2 is 2.10 bits per heavy atom. The van der Waals surface area contributed by atoms with Gasteiger partial charge < -0.3 is 10.3 Å². The molecule has 0 aliphatic rings. The van der Waals surface area contributed by atoms with E-state index in [-0.39, 0.29) is 5.56 Å². The molecule has 0 radical (unpaired) electrons. The van der Waals surface area contributed by atoms with E-state index in [1.165, 1.54) is 24.8 Å². The number of imidazole rings is 2. The van der Waals surface area contributed by atoms with Crippen molar-refractivity contribution in [2.24, 2.45) is 0 Å². The van der Waals surface area contributed by atoms with Gasteiger partial charge in [0.1, 0.15) is 47.0 Å². The first-order valence-corrected chi connectivity index (χ1v) is 9.26. The van der Waals surface area contributed by atoms with Gasteiger partial charge in [0.15, 0.2) is 11.5 Å². The second-order valence-corrected chi connectivity index (χ2v) is 6.58. The van der Waals surface area contributed by atoms with E-state index < -0.39 is 11.9 Å². The van der Waals surface area contributed by atoms with Gasteiger partial charge in [-0.05, 0) is 24.3 Å². The van der Waals surface area contributed by atoms with Crippen molar-refractivity contribution in [1.82, 2.24) is 34.5 Å². The molecule has 0 aliphatic heterocycles. The summed E-state index contributed by atoms with van der Waals surface area (Å²) < 4.78 is 16.1. The van der Waals surface area contributed by atoms with Gasteiger partial charge >= 0.3 is 0 Å². The van der Waals surface area contributed by atoms with Crippen LogP contribution in [0.15, 0.2) is 61.8 Å². The Balaban J connectivity index is 1.74. The predicted molar refractivity (Wildman–Crippen MR) is 112 cm³/mol. The molecular weight excluding hydrogens is 397 g/mol. The maximum atomic E-state index is 14.4. The molecule has 4 aromatic heterocycles. The highest BCUT2D eigenvalue weighted by Crippen LogP contribution is 2.30. The van der Waals surface area contributed by atoms with Gasteiger partial charge in [0.2, 0.25) is 0 Å². The first-order valence-electron chi connectivity index (χ1n) is 9.26. The van der Waals surface area contributed by atoms with Crippen LogP contribution in [-0.4, -0.2) is 34.5 Å². The lowest BCUT2D eigenvalue weighted by Crippen LogP contribution is -2.16. The van der Waals surface area contributed by atoms with Gasteiger partial charge in [0, 0.05) is 6.20 Å². The number of nitriles is 1. The maximum absolute atomic E-state index is 14.4. The summed E-state index contributed by atoms with van der Waals surface area (Å²) in [6, 6.07) is 9.49. The van der Waals surface area contributed by atoms with Crippen LogP contribution in [0.1, 0.15) is 17.4 Å². The van der Waals surface area contributed by atoms with Crippen molar-refractivity contribution < 1.29 is 4.39 Å².